The first-order valence-electron chi connectivity index (χ1n) is 4.63. The van der Waals surface area contributed by atoms with E-state index in [1.165, 1.54) is 0 Å². The van der Waals surface area contributed by atoms with E-state index in [1.807, 2.05) is 0 Å². The summed E-state index contributed by atoms with van der Waals surface area (Å²) in [5.74, 6) is 0. The average Bonchev–Trinajstić information content (AvgIpc) is 2.48. The summed E-state index contributed by atoms with van der Waals surface area (Å²) in [4.78, 5) is -2.69. The second kappa shape index (κ2) is 4.68. The van der Waals surface area contributed by atoms with Gasteiger partial charge in [0.15, 0.2) is 11.4 Å². The third-order valence-electron chi connectivity index (χ3n) is 2.22. The second-order valence-electron chi connectivity index (χ2n) is 3.72. The molecule has 0 fully saturated rings. The summed E-state index contributed by atoms with van der Waals surface area (Å²) >= 11 is 0. The van der Waals surface area contributed by atoms with E-state index in [0.717, 1.165) is 0 Å². The summed E-state index contributed by atoms with van der Waals surface area (Å²) in [5.41, 5.74) is -15.1. The largest absolute Gasteiger partial charge is 0.434 e. The highest BCUT2D eigenvalue weighted by Crippen LogP contribution is 2.52. The minimum atomic E-state index is -6.53. The maximum atomic E-state index is 13.1. The summed E-state index contributed by atoms with van der Waals surface area (Å²) in [7, 11) is 0. The zero-order valence-electron chi connectivity index (χ0n) is 9.36. The Bertz CT molecular complexity index is 514. The molecule has 1 aromatic rings. The van der Waals surface area contributed by atoms with Gasteiger partial charge in [-0.05, 0) is 0 Å². The standard InChI is InChI=1S/C8F13N/c9-5(10,11)1-2(6(12,13)14)4(8(18,19)20)22(21)3(1)7(15,16)17. The highest BCUT2D eigenvalue weighted by atomic mass is 19.4. The Balaban J connectivity index is 4.11. The van der Waals surface area contributed by atoms with Gasteiger partial charge >= 0.3 is 24.7 Å². The summed E-state index contributed by atoms with van der Waals surface area (Å²) in [6.45, 7) is 0. The minimum absolute atomic E-state index is 2.69. The average molecular weight is 357 g/mol. The van der Waals surface area contributed by atoms with Crippen molar-refractivity contribution in [1.29, 1.82) is 0 Å². The van der Waals surface area contributed by atoms with Crippen LogP contribution in [0.3, 0.4) is 0 Å². The Labute approximate surface area is 110 Å². The number of alkyl halides is 12. The van der Waals surface area contributed by atoms with Gasteiger partial charge in [0.1, 0.15) is 11.1 Å². The molecule has 0 aliphatic rings. The molecule has 0 amide bonds. The lowest BCUT2D eigenvalue weighted by atomic mass is 10.1. The lowest BCUT2D eigenvalue weighted by Crippen LogP contribution is -2.21. The van der Waals surface area contributed by atoms with E-state index in [4.69, 9.17) is 0 Å². The maximum Gasteiger partial charge on any atom is 0.434 e. The van der Waals surface area contributed by atoms with Gasteiger partial charge in [-0.1, -0.05) is 4.48 Å². The number of rotatable bonds is 0. The predicted molar refractivity (Wildman–Crippen MR) is 40.9 cm³/mol. The first-order valence-corrected chi connectivity index (χ1v) is 4.63. The zero-order chi connectivity index (χ0) is 17.9. The van der Waals surface area contributed by atoms with Gasteiger partial charge in [0.25, 0.3) is 0 Å². The van der Waals surface area contributed by atoms with E-state index in [1.54, 1.807) is 0 Å². The van der Waals surface area contributed by atoms with E-state index >= 15 is 0 Å². The maximum absolute atomic E-state index is 13.1. The van der Waals surface area contributed by atoms with E-state index in [9.17, 15) is 57.2 Å². The van der Waals surface area contributed by atoms with Crippen LogP contribution in [0.2, 0.25) is 0 Å². The van der Waals surface area contributed by atoms with E-state index in [-0.39, 0.29) is 0 Å². The highest BCUT2D eigenvalue weighted by molar-refractivity contribution is 5.45. The van der Waals surface area contributed by atoms with Crippen molar-refractivity contribution in [2.75, 3.05) is 0 Å². The molecule has 22 heavy (non-hydrogen) atoms. The SMILES string of the molecule is Fn1c(C(F)(F)F)c(C(F)(F)F)c(C(F)(F)F)c1C(F)(F)F. The van der Waals surface area contributed by atoms with Gasteiger partial charge in [0, 0.05) is 0 Å². The molecule has 0 radical (unpaired) electrons. The molecule has 0 saturated carbocycles. The molecule has 0 unspecified atom stereocenters. The van der Waals surface area contributed by atoms with Crippen molar-refractivity contribution in [2.45, 2.75) is 24.7 Å². The topological polar surface area (TPSA) is 4.93 Å². The second-order valence-corrected chi connectivity index (χ2v) is 3.72. The van der Waals surface area contributed by atoms with Gasteiger partial charge in [-0.15, -0.1) is 0 Å². The summed E-state index contributed by atoms with van der Waals surface area (Å²) in [5, 5.41) is 0. The number of halogens is 13. The van der Waals surface area contributed by atoms with Crippen LogP contribution >= 0.6 is 0 Å². The van der Waals surface area contributed by atoms with Gasteiger partial charge in [-0.3, -0.25) is 0 Å². The van der Waals surface area contributed by atoms with Gasteiger partial charge in [-0.2, -0.15) is 57.5 Å². The van der Waals surface area contributed by atoms with Crippen molar-refractivity contribution in [2.24, 2.45) is 0 Å². The smallest absolute Gasteiger partial charge is 0.168 e. The molecule has 0 aliphatic heterocycles. The molecule has 0 aliphatic carbocycles. The van der Waals surface area contributed by atoms with Crippen LogP contribution in [0, 0.1) is 0 Å². The molecular formula is C8F13N. The van der Waals surface area contributed by atoms with Crippen molar-refractivity contribution in [1.82, 2.24) is 4.79 Å². The van der Waals surface area contributed by atoms with Crippen LogP contribution in [0.15, 0.2) is 0 Å². The normalized spacial score (nSPS) is 14.6. The van der Waals surface area contributed by atoms with Crippen LogP contribution in [0.25, 0.3) is 0 Å². The molecule has 1 rings (SSSR count). The fourth-order valence-electron chi connectivity index (χ4n) is 1.60. The van der Waals surface area contributed by atoms with Crippen LogP contribution in [-0.4, -0.2) is 4.79 Å². The van der Waals surface area contributed by atoms with Gasteiger partial charge in [-0.25, -0.2) is 0 Å². The Morgan fingerprint density at radius 1 is 0.455 bits per heavy atom. The molecule has 128 valence electrons. The molecule has 0 aromatic carbocycles. The lowest BCUT2D eigenvalue weighted by molar-refractivity contribution is -0.178. The van der Waals surface area contributed by atoms with Gasteiger partial charge in [0.2, 0.25) is 0 Å². The molecular weight excluding hydrogens is 357 g/mol. The van der Waals surface area contributed by atoms with Crippen molar-refractivity contribution < 1.29 is 57.2 Å². The molecule has 0 saturated heterocycles. The van der Waals surface area contributed by atoms with E-state index in [0.29, 0.717) is 0 Å². The molecule has 1 aromatic heterocycles. The van der Waals surface area contributed by atoms with Crippen LogP contribution in [-0.2, 0) is 24.7 Å². The van der Waals surface area contributed by atoms with Gasteiger partial charge in [0.05, 0.1) is 0 Å². The Morgan fingerprint density at radius 3 is 0.818 bits per heavy atom. The fraction of sp³-hybridized carbons (Fsp3) is 0.500. The van der Waals surface area contributed by atoms with Crippen LogP contribution in [0.4, 0.5) is 57.2 Å². The monoisotopic (exact) mass is 357 g/mol. The van der Waals surface area contributed by atoms with Crippen LogP contribution in [0.5, 0.6) is 0 Å². The van der Waals surface area contributed by atoms with E-state index in [2.05, 4.69) is 0 Å². The first kappa shape index (κ1) is 18.4. The third-order valence-corrected chi connectivity index (χ3v) is 2.22. The fourth-order valence-corrected chi connectivity index (χ4v) is 1.60. The molecule has 1 heterocycles. The summed E-state index contributed by atoms with van der Waals surface area (Å²) in [6, 6.07) is 0. The molecule has 14 heteroatoms. The molecule has 0 N–H and O–H groups in total. The van der Waals surface area contributed by atoms with Crippen molar-refractivity contribution in [3.63, 3.8) is 0 Å². The molecule has 0 atom stereocenters. The van der Waals surface area contributed by atoms with Gasteiger partial charge < -0.3 is 0 Å². The van der Waals surface area contributed by atoms with E-state index < -0.39 is 52.0 Å². The van der Waals surface area contributed by atoms with Crippen LogP contribution < -0.4 is 0 Å². The number of hydrogen-bond acceptors (Lipinski definition) is 0. The van der Waals surface area contributed by atoms with Crippen molar-refractivity contribution >= 4 is 0 Å². The predicted octanol–water partition coefficient (Wildman–Crippen LogP) is 5.30. The zero-order valence-corrected chi connectivity index (χ0v) is 9.36. The molecule has 0 bridgehead atoms. The third kappa shape index (κ3) is 3.09. The summed E-state index contributed by atoms with van der Waals surface area (Å²) < 4.78 is 161. The minimum Gasteiger partial charge on any atom is -0.168 e. The molecule has 0 spiro atoms. The summed E-state index contributed by atoms with van der Waals surface area (Å²) in [6.07, 6.45) is -26.0. The Hall–Kier alpha value is -1.63. The van der Waals surface area contributed by atoms with Crippen molar-refractivity contribution in [3.05, 3.63) is 22.5 Å². The Kier molecular flexibility index (Phi) is 3.92. The number of aromatic nitrogens is 1. The van der Waals surface area contributed by atoms with Crippen LogP contribution in [0.1, 0.15) is 22.5 Å². The van der Waals surface area contributed by atoms with Crippen molar-refractivity contribution in [3.8, 4) is 0 Å². The number of nitrogens with zero attached hydrogens (tertiary/aromatic N) is 1. The molecule has 1 nitrogen and oxygen atoms in total. The lowest BCUT2D eigenvalue weighted by Gasteiger charge is -2.15. The Morgan fingerprint density at radius 2 is 0.682 bits per heavy atom. The number of hydrogen-bond donors (Lipinski definition) is 0. The first-order chi connectivity index (χ1) is 9.40. The quantitative estimate of drug-likeness (QED) is 0.556. The highest BCUT2D eigenvalue weighted by Gasteiger charge is 2.60.